The van der Waals surface area contributed by atoms with Gasteiger partial charge < -0.3 is 0 Å². The lowest BCUT2D eigenvalue weighted by Gasteiger charge is -2.22. The summed E-state index contributed by atoms with van der Waals surface area (Å²) in [5.74, 6) is -0.846. The second-order valence-corrected chi connectivity index (χ2v) is 7.84. The zero-order chi connectivity index (χ0) is 13.3. The van der Waals surface area contributed by atoms with Gasteiger partial charge in [-0.15, -0.1) is 11.3 Å². The molecule has 0 N–H and O–H groups in total. The van der Waals surface area contributed by atoms with Crippen molar-refractivity contribution in [1.82, 2.24) is 4.98 Å². The average molecular weight is 373 g/mol. The molecule has 1 aromatic rings. The van der Waals surface area contributed by atoms with E-state index in [1.165, 1.54) is 11.6 Å². The highest BCUT2D eigenvalue weighted by Gasteiger charge is 2.52. The van der Waals surface area contributed by atoms with Crippen LogP contribution in [-0.4, -0.2) is 29.1 Å². The Morgan fingerprint density at radius 3 is 2.47 bits per heavy atom. The lowest BCUT2D eigenvalue weighted by molar-refractivity contribution is -0.00634. The van der Waals surface area contributed by atoms with Gasteiger partial charge in [-0.05, 0) is 15.9 Å². The number of halogens is 5. The van der Waals surface area contributed by atoms with Crippen molar-refractivity contribution in [2.24, 2.45) is 0 Å². The van der Waals surface area contributed by atoms with E-state index in [-0.39, 0.29) is 4.34 Å². The van der Waals surface area contributed by atoms with E-state index < -0.39 is 32.0 Å². The summed E-state index contributed by atoms with van der Waals surface area (Å²) < 4.78 is 61.3. The molecule has 1 rings (SSSR count). The molecule has 0 aliphatic heterocycles. The molecular weight excluding hydrogens is 367 g/mol. The standard InChI is InChI=1S/C7H6BrClF3NO2S2/c8-7(11,12)6(9,10)1-4-17(14,15)5-13-2-3-16-5/h2-3H,1,4H2. The zero-order valence-corrected chi connectivity index (χ0v) is 12.0. The highest BCUT2D eigenvalue weighted by atomic mass is 79.9. The summed E-state index contributed by atoms with van der Waals surface area (Å²) in [4.78, 5) is -0.483. The Bertz CT molecular complexity index is 472. The minimum Gasteiger partial charge on any atom is -0.234 e. The zero-order valence-electron chi connectivity index (χ0n) is 8.04. The van der Waals surface area contributed by atoms with Gasteiger partial charge in [0.2, 0.25) is 14.2 Å². The first-order valence-electron chi connectivity index (χ1n) is 4.13. The van der Waals surface area contributed by atoms with Crippen molar-refractivity contribution in [2.45, 2.75) is 20.7 Å². The molecule has 0 amide bonds. The van der Waals surface area contributed by atoms with Crippen molar-refractivity contribution in [3.05, 3.63) is 11.6 Å². The van der Waals surface area contributed by atoms with Gasteiger partial charge in [0.05, 0.1) is 5.75 Å². The van der Waals surface area contributed by atoms with Crippen LogP contribution in [0.2, 0.25) is 0 Å². The number of sulfone groups is 1. The molecule has 0 bridgehead atoms. The molecule has 3 nitrogen and oxygen atoms in total. The minimum absolute atomic E-state index is 0.247. The molecule has 0 saturated carbocycles. The third kappa shape index (κ3) is 3.80. The van der Waals surface area contributed by atoms with Gasteiger partial charge in [0.15, 0.2) is 0 Å². The molecule has 0 spiro atoms. The minimum atomic E-state index is -4.00. The van der Waals surface area contributed by atoms with Crippen LogP contribution in [0.25, 0.3) is 0 Å². The Labute approximate surface area is 113 Å². The van der Waals surface area contributed by atoms with Crippen LogP contribution in [0, 0.1) is 0 Å². The fraction of sp³-hybridized carbons (Fsp3) is 0.571. The van der Waals surface area contributed by atoms with E-state index >= 15 is 0 Å². The molecule has 98 valence electrons. The maximum Gasteiger partial charge on any atom is 0.348 e. The summed E-state index contributed by atoms with van der Waals surface area (Å²) in [5, 5.41) is -2.05. The Hall–Kier alpha value is 0.140. The van der Waals surface area contributed by atoms with Crippen LogP contribution >= 0.6 is 38.9 Å². The molecule has 1 unspecified atom stereocenters. The van der Waals surface area contributed by atoms with Crippen molar-refractivity contribution in [1.29, 1.82) is 0 Å². The quantitative estimate of drug-likeness (QED) is 0.746. The first-order chi connectivity index (χ1) is 7.56. The van der Waals surface area contributed by atoms with Crippen LogP contribution in [0.5, 0.6) is 0 Å². The smallest absolute Gasteiger partial charge is 0.234 e. The molecule has 0 aromatic carbocycles. The highest BCUT2D eigenvalue weighted by Crippen LogP contribution is 2.44. The van der Waals surface area contributed by atoms with E-state index in [1.54, 1.807) is 15.9 Å². The summed E-state index contributed by atoms with van der Waals surface area (Å²) >= 11 is 7.53. The van der Waals surface area contributed by atoms with Crippen LogP contribution < -0.4 is 0 Å². The summed E-state index contributed by atoms with van der Waals surface area (Å²) in [6.07, 6.45) is 0.203. The van der Waals surface area contributed by atoms with Crippen LogP contribution in [0.3, 0.4) is 0 Å². The average Bonchev–Trinajstić information content (AvgIpc) is 2.66. The van der Waals surface area contributed by atoms with Crippen molar-refractivity contribution in [3.63, 3.8) is 0 Å². The van der Waals surface area contributed by atoms with E-state index in [4.69, 9.17) is 11.6 Å². The molecule has 10 heteroatoms. The van der Waals surface area contributed by atoms with Crippen LogP contribution in [-0.2, 0) is 9.84 Å². The Morgan fingerprint density at radius 2 is 2.06 bits per heavy atom. The SMILES string of the molecule is O=S(=O)(CCC(F)(Cl)C(F)(F)Br)c1nccs1. The predicted molar refractivity (Wildman–Crippen MR) is 62.3 cm³/mol. The van der Waals surface area contributed by atoms with Crippen LogP contribution in [0.15, 0.2) is 15.9 Å². The molecule has 1 aromatic heterocycles. The molecule has 0 aliphatic rings. The van der Waals surface area contributed by atoms with Gasteiger partial charge in [-0.2, -0.15) is 8.78 Å². The molecule has 0 fully saturated rings. The Balaban J connectivity index is 2.76. The van der Waals surface area contributed by atoms with Gasteiger partial charge >= 0.3 is 4.83 Å². The predicted octanol–water partition coefficient (Wildman–Crippen LogP) is 3.20. The fourth-order valence-corrected chi connectivity index (χ4v) is 3.57. The van der Waals surface area contributed by atoms with Crippen LogP contribution in [0.1, 0.15) is 6.42 Å². The normalized spacial score (nSPS) is 16.8. The fourth-order valence-electron chi connectivity index (χ4n) is 0.856. The molecule has 0 radical (unpaired) electrons. The van der Waals surface area contributed by atoms with E-state index in [0.29, 0.717) is 0 Å². The molecule has 1 atom stereocenters. The summed E-state index contributed by atoms with van der Waals surface area (Å²) in [5.41, 5.74) is 0. The third-order valence-electron chi connectivity index (χ3n) is 1.78. The molecule has 17 heavy (non-hydrogen) atoms. The summed E-state index contributed by atoms with van der Waals surface area (Å²) in [7, 11) is -3.88. The van der Waals surface area contributed by atoms with E-state index in [0.717, 1.165) is 11.3 Å². The van der Waals surface area contributed by atoms with E-state index in [1.807, 2.05) is 0 Å². The van der Waals surface area contributed by atoms with E-state index in [9.17, 15) is 21.6 Å². The Morgan fingerprint density at radius 1 is 1.47 bits per heavy atom. The second-order valence-electron chi connectivity index (χ2n) is 3.07. The lowest BCUT2D eigenvalue weighted by atomic mass is 10.3. The number of thiazole rings is 1. The largest absolute Gasteiger partial charge is 0.348 e. The number of hydrogen-bond donors (Lipinski definition) is 0. The molecule has 0 aliphatic carbocycles. The Kier molecular flexibility index (Phi) is 4.49. The number of hydrogen-bond acceptors (Lipinski definition) is 4. The number of aromatic nitrogens is 1. The maximum atomic E-state index is 13.3. The van der Waals surface area contributed by atoms with Gasteiger partial charge in [0.1, 0.15) is 0 Å². The van der Waals surface area contributed by atoms with Gasteiger partial charge in [-0.25, -0.2) is 17.8 Å². The highest BCUT2D eigenvalue weighted by molar-refractivity contribution is 9.10. The molecule has 0 saturated heterocycles. The second kappa shape index (κ2) is 5.02. The lowest BCUT2D eigenvalue weighted by Crippen LogP contribution is -2.35. The topological polar surface area (TPSA) is 47.0 Å². The van der Waals surface area contributed by atoms with Crippen molar-refractivity contribution < 1.29 is 21.6 Å². The number of alkyl halides is 5. The van der Waals surface area contributed by atoms with Crippen molar-refractivity contribution >= 4 is 48.7 Å². The first-order valence-corrected chi connectivity index (χ1v) is 7.83. The van der Waals surface area contributed by atoms with Gasteiger partial charge in [-0.1, -0.05) is 11.6 Å². The van der Waals surface area contributed by atoms with Gasteiger partial charge in [0, 0.05) is 18.0 Å². The number of rotatable bonds is 5. The third-order valence-corrected chi connectivity index (χ3v) is 6.05. The monoisotopic (exact) mass is 371 g/mol. The van der Waals surface area contributed by atoms with Crippen LogP contribution in [0.4, 0.5) is 13.2 Å². The maximum absolute atomic E-state index is 13.3. The molecule has 1 heterocycles. The van der Waals surface area contributed by atoms with Gasteiger partial charge in [0.25, 0.3) is 5.13 Å². The number of nitrogens with zero attached hydrogens (tertiary/aromatic N) is 1. The summed E-state index contributed by atoms with van der Waals surface area (Å²) in [6.45, 7) is 0. The van der Waals surface area contributed by atoms with Crippen molar-refractivity contribution in [2.75, 3.05) is 5.75 Å². The van der Waals surface area contributed by atoms with E-state index in [2.05, 4.69) is 4.98 Å². The summed E-state index contributed by atoms with van der Waals surface area (Å²) in [6, 6.07) is 0. The molecular formula is C7H6BrClF3NO2S2. The first kappa shape index (κ1) is 15.2. The van der Waals surface area contributed by atoms with Crippen molar-refractivity contribution in [3.8, 4) is 0 Å². The van der Waals surface area contributed by atoms with Gasteiger partial charge in [-0.3, -0.25) is 0 Å².